The van der Waals surface area contributed by atoms with E-state index in [1.807, 2.05) is 0 Å². The average Bonchev–Trinajstić information content (AvgIpc) is 2.67. The first kappa shape index (κ1) is 12.4. The van der Waals surface area contributed by atoms with Gasteiger partial charge in [-0.2, -0.15) is 0 Å². The number of nitrogens with two attached hydrogens (primary N) is 1. The molecule has 1 fully saturated rings. The zero-order valence-electron chi connectivity index (χ0n) is 10.1. The highest BCUT2D eigenvalue weighted by molar-refractivity contribution is 6.04. The quantitative estimate of drug-likeness (QED) is 0.749. The molecule has 1 aromatic carbocycles. The molecule has 3 amide bonds. The molecular weight excluding hydrogens is 234 g/mol. The highest BCUT2D eigenvalue weighted by atomic mass is 16.5. The van der Waals surface area contributed by atoms with Gasteiger partial charge in [0, 0.05) is 13.1 Å². The van der Waals surface area contributed by atoms with Crippen molar-refractivity contribution in [1.82, 2.24) is 10.2 Å². The van der Waals surface area contributed by atoms with E-state index in [4.69, 9.17) is 10.5 Å². The maximum atomic E-state index is 12.0. The first-order chi connectivity index (χ1) is 8.67. The average molecular weight is 249 g/mol. The number of hydrogen-bond acceptors (Lipinski definition) is 4. The number of methoxy groups -OCH3 is 1. The van der Waals surface area contributed by atoms with Crippen LogP contribution in [0.3, 0.4) is 0 Å². The molecule has 0 aliphatic carbocycles. The maximum absolute atomic E-state index is 12.0. The molecule has 0 bridgehead atoms. The van der Waals surface area contributed by atoms with Gasteiger partial charge < -0.3 is 15.8 Å². The lowest BCUT2D eigenvalue weighted by Gasteiger charge is -2.11. The molecule has 0 aromatic heterocycles. The van der Waals surface area contributed by atoms with Crippen molar-refractivity contribution in [2.75, 3.05) is 20.2 Å². The summed E-state index contributed by atoms with van der Waals surface area (Å²) in [6.45, 7) is 0.492. The molecule has 1 atom stereocenters. The van der Waals surface area contributed by atoms with E-state index in [2.05, 4.69) is 5.32 Å². The summed E-state index contributed by atoms with van der Waals surface area (Å²) >= 11 is 0. The van der Waals surface area contributed by atoms with Gasteiger partial charge in [-0.3, -0.25) is 9.69 Å². The largest absolute Gasteiger partial charge is 0.497 e. The van der Waals surface area contributed by atoms with Crippen molar-refractivity contribution in [3.05, 3.63) is 29.8 Å². The molecule has 2 rings (SSSR count). The number of nitrogens with one attached hydrogen (secondary N) is 1. The van der Waals surface area contributed by atoms with Gasteiger partial charge in [0.25, 0.3) is 5.91 Å². The highest BCUT2D eigenvalue weighted by Crippen LogP contribution is 2.23. The Kier molecular flexibility index (Phi) is 3.47. The first-order valence-corrected chi connectivity index (χ1v) is 5.63. The summed E-state index contributed by atoms with van der Waals surface area (Å²) in [6, 6.07) is 5.99. The Morgan fingerprint density at radius 3 is 2.56 bits per heavy atom. The third-order valence-corrected chi connectivity index (χ3v) is 2.83. The molecule has 1 aliphatic heterocycles. The van der Waals surface area contributed by atoms with Gasteiger partial charge in [-0.05, 0) is 17.7 Å². The Morgan fingerprint density at radius 1 is 1.33 bits per heavy atom. The van der Waals surface area contributed by atoms with Gasteiger partial charge in [0.1, 0.15) is 11.8 Å². The van der Waals surface area contributed by atoms with Gasteiger partial charge >= 0.3 is 6.03 Å². The number of imide groups is 1. The van der Waals surface area contributed by atoms with Crippen LogP contribution in [0.4, 0.5) is 4.79 Å². The number of benzene rings is 1. The molecule has 1 aromatic rings. The van der Waals surface area contributed by atoms with Crippen molar-refractivity contribution in [2.24, 2.45) is 5.73 Å². The second-order valence-corrected chi connectivity index (χ2v) is 3.93. The van der Waals surface area contributed by atoms with E-state index in [-0.39, 0.29) is 19.0 Å². The van der Waals surface area contributed by atoms with Crippen LogP contribution >= 0.6 is 0 Å². The highest BCUT2D eigenvalue weighted by Gasteiger charge is 2.38. The van der Waals surface area contributed by atoms with Gasteiger partial charge in [0.2, 0.25) is 0 Å². The first-order valence-electron chi connectivity index (χ1n) is 5.63. The predicted molar refractivity (Wildman–Crippen MR) is 65.0 cm³/mol. The number of carbonyl (C=O) groups is 2. The van der Waals surface area contributed by atoms with E-state index in [0.717, 1.165) is 10.5 Å². The van der Waals surface area contributed by atoms with Crippen molar-refractivity contribution in [3.8, 4) is 5.75 Å². The van der Waals surface area contributed by atoms with Gasteiger partial charge in [-0.15, -0.1) is 0 Å². The Hall–Kier alpha value is -2.08. The molecule has 1 saturated heterocycles. The summed E-state index contributed by atoms with van der Waals surface area (Å²) in [4.78, 5) is 24.7. The van der Waals surface area contributed by atoms with Crippen LogP contribution in [0, 0.1) is 0 Å². The molecule has 1 heterocycles. The Morgan fingerprint density at radius 2 is 2.00 bits per heavy atom. The monoisotopic (exact) mass is 249 g/mol. The second kappa shape index (κ2) is 5.05. The van der Waals surface area contributed by atoms with Crippen molar-refractivity contribution < 1.29 is 14.3 Å². The van der Waals surface area contributed by atoms with Crippen molar-refractivity contribution in [2.45, 2.75) is 6.04 Å². The molecule has 6 heteroatoms. The zero-order chi connectivity index (χ0) is 13.1. The number of ether oxygens (including phenoxy) is 1. The summed E-state index contributed by atoms with van der Waals surface area (Å²) < 4.78 is 5.04. The van der Waals surface area contributed by atoms with Gasteiger partial charge in [0.05, 0.1) is 7.11 Å². The fraction of sp³-hybridized carbons (Fsp3) is 0.333. The Labute approximate surface area is 105 Å². The topological polar surface area (TPSA) is 84.7 Å². The van der Waals surface area contributed by atoms with E-state index >= 15 is 0 Å². The molecule has 3 N–H and O–H groups in total. The van der Waals surface area contributed by atoms with E-state index in [0.29, 0.717) is 5.75 Å². The smallest absolute Gasteiger partial charge is 0.325 e. The van der Waals surface area contributed by atoms with E-state index in [9.17, 15) is 9.59 Å². The van der Waals surface area contributed by atoms with Crippen LogP contribution in [0.15, 0.2) is 24.3 Å². The molecule has 0 radical (unpaired) electrons. The lowest BCUT2D eigenvalue weighted by atomic mass is 10.1. The fourth-order valence-electron chi connectivity index (χ4n) is 1.88. The van der Waals surface area contributed by atoms with Gasteiger partial charge in [-0.25, -0.2) is 4.79 Å². The van der Waals surface area contributed by atoms with Gasteiger partial charge in [-0.1, -0.05) is 12.1 Å². The van der Waals surface area contributed by atoms with Crippen LogP contribution in [0.5, 0.6) is 5.75 Å². The Balaban J connectivity index is 2.18. The molecule has 18 heavy (non-hydrogen) atoms. The third-order valence-electron chi connectivity index (χ3n) is 2.83. The van der Waals surface area contributed by atoms with Crippen LogP contribution in [-0.2, 0) is 4.79 Å². The number of urea groups is 1. The molecule has 1 aliphatic rings. The minimum Gasteiger partial charge on any atom is -0.497 e. The SMILES string of the molecule is COc1ccc(C2NC(=O)N(CCN)C2=O)cc1. The van der Waals surface area contributed by atoms with Crippen LogP contribution in [0.1, 0.15) is 11.6 Å². The number of amides is 3. The van der Waals surface area contributed by atoms with Gasteiger partial charge in [0.15, 0.2) is 0 Å². The number of carbonyl (C=O) groups excluding carboxylic acids is 2. The van der Waals surface area contributed by atoms with E-state index in [1.165, 1.54) is 0 Å². The van der Waals surface area contributed by atoms with Crippen LogP contribution < -0.4 is 15.8 Å². The fourth-order valence-corrected chi connectivity index (χ4v) is 1.88. The summed E-state index contributed by atoms with van der Waals surface area (Å²) in [5.74, 6) is 0.435. The summed E-state index contributed by atoms with van der Waals surface area (Å²) in [5, 5.41) is 2.63. The number of hydrogen-bond donors (Lipinski definition) is 2. The minimum absolute atomic E-state index is 0.233. The van der Waals surface area contributed by atoms with Crippen LogP contribution in [0.2, 0.25) is 0 Å². The van der Waals surface area contributed by atoms with Crippen molar-refractivity contribution in [3.63, 3.8) is 0 Å². The molecule has 6 nitrogen and oxygen atoms in total. The van der Waals surface area contributed by atoms with Crippen LogP contribution in [0.25, 0.3) is 0 Å². The molecule has 0 saturated carbocycles. The summed E-state index contributed by atoms with van der Waals surface area (Å²) in [6.07, 6.45) is 0. The molecule has 1 unspecified atom stereocenters. The van der Waals surface area contributed by atoms with Crippen molar-refractivity contribution >= 4 is 11.9 Å². The van der Waals surface area contributed by atoms with E-state index < -0.39 is 12.1 Å². The third kappa shape index (κ3) is 2.14. The molecule has 0 spiro atoms. The summed E-state index contributed by atoms with van der Waals surface area (Å²) in [7, 11) is 1.57. The van der Waals surface area contributed by atoms with Crippen LogP contribution in [-0.4, -0.2) is 37.0 Å². The zero-order valence-corrected chi connectivity index (χ0v) is 10.1. The second-order valence-electron chi connectivity index (χ2n) is 3.93. The predicted octanol–water partition coefficient (Wildman–Crippen LogP) is 0.247. The lowest BCUT2D eigenvalue weighted by molar-refractivity contribution is -0.127. The number of rotatable bonds is 4. The van der Waals surface area contributed by atoms with E-state index in [1.54, 1.807) is 31.4 Å². The lowest BCUT2D eigenvalue weighted by Crippen LogP contribution is -2.35. The maximum Gasteiger partial charge on any atom is 0.325 e. The normalized spacial score (nSPS) is 19.0. The standard InChI is InChI=1S/C12H15N3O3/c1-18-9-4-2-8(3-5-9)10-11(16)15(7-6-13)12(17)14-10/h2-5,10H,6-7,13H2,1H3,(H,14,17). The summed E-state index contributed by atoms with van der Waals surface area (Å²) in [5.41, 5.74) is 6.09. The van der Waals surface area contributed by atoms with Crippen molar-refractivity contribution in [1.29, 1.82) is 0 Å². The number of nitrogens with zero attached hydrogens (tertiary/aromatic N) is 1. The minimum atomic E-state index is -0.630. The molecule has 96 valence electrons. The Bertz CT molecular complexity index is 458. The molecular formula is C12H15N3O3.